The standard InChI is InChI=1S/C10H10BrNO3/c1-12(2)8-5-6(3-4-7(8)11)9(13)10(14)15/h3-5H,1-2H3,(H,14,15). The van der Waals surface area contributed by atoms with Crippen molar-refractivity contribution in [3.63, 3.8) is 0 Å². The van der Waals surface area contributed by atoms with Crippen molar-refractivity contribution >= 4 is 33.4 Å². The zero-order chi connectivity index (χ0) is 11.6. The molecule has 1 rings (SSSR count). The Morgan fingerprint density at radius 1 is 1.33 bits per heavy atom. The predicted octanol–water partition coefficient (Wildman–Crippen LogP) is 1.78. The number of hydrogen-bond donors (Lipinski definition) is 1. The monoisotopic (exact) mass is 271 g/mol. The van der Waals surface area contributed by atoms with E-state index in [1.165, 1.54) is 6.07 Å². The smallest absolute Gasteiger partial charge is 0.377 e. The molecule has 0 saturated heterocycles. The van der Waals surface area contributed by atoms with Crippen LogP contribution in [0.2, 0.25) is 0 Å². The van der Waals surface area contributed by atoms with Crippen LogP contribution in [0.4, 0.5) is 5.69 Å². The number of halogens is 1. The molecule has 5 heteroatoms. The number of carbonyl (C=O) groups is 2. The minimum atomic E-state index is -1.44. The van der Waals surface area contributed by atoms with E-state index in [4.69, 9.17) is 5.11 Å². The van der Waals surface area contributed by atoms with E-state index in [1.807, 2.05) is 14.1 Å². The molecular formula is C10H10BrNO3. The van der Waals surface area contributed by atoms with Crippen molar-refractivity contribution in [1.82, 2.24) is 0 Å². The fraction of sp³-hybridized carbons (Fsp3) is 0.200. The molecule has 1 aromatic rings. The SMILES string of the molecule is CN(C)c1cc(C(=O)C(=O)O)ccc1Br. The highest BCUT2D eigenvalue weighted by atomic mass is 79.9. The highest BCUT2D eigenvalue weighted by Crippen LogP contribution is 2.25. The lowest BCUT2D eigenvalue weighted by molar-refractivity contribution is -0.131. The van der Waals surface area contributed by atoms with Crippen molar-refractivity contribution in [2.24, 2.45) is 0 Å². The summed E-state index contributed by atoms with van der Waals surface area (Å²) < 4.78 is 0.814. The highest BCUT2D eigenvalue weighted by molar-refractivity contribution is 9.10. The van der Waals surface area contributed by atoms with E-state index in [1.54, 1.807) is 17.0 Å². The number of hydrogen-bond acceptors (Lipinski definition) is 3. The second-order valence-electron chi connectivity index (χ2n) is 3.19. The number of ketones is 1. The van der Waals surface area contributed by atoms with Crippen LogP contribution in [-0.4, -0.2) is 31.0 Å². The van der Waals surface area contributed by atoms with Gasteiger partial charge in [-0.05, 0) is 34.1 Å². The van der Waals surface area contributed by atoms with Crippen molar-refractivity contribution in [3.05, 3.63) is 28.2 Å². The number of carboxylic acid groups (broad SMARTS) is 1. The summed E-state index contributed by atoms with van der Waals surface area (Å²) in [7, 11) is 3.63. The normalized spacial score (nSPS) is 9.80. The van der Waals surface area contributed by atoms with Crippen molar-refractivity contribution < 1.29 is 14.7 Å². The topological polar surface area (TPSA) is 57.6 Å². The molecule has 0 bridgehead atoms. The van der Waals surface area contributed by atoms with Crippen molar-refractivity contribution in [1.29, 1.82) is 0 Å². The first-order valence-electron chi connectivity index (χ1n) is 4.18. The average molecular weight is 272 g/mol. The zero-order valence-electron chi connectivity index (χ0n) is 8.32. The van der Waals surface area contributed by atoms with E-state index in [2.05, 4.69) is 15.9 Å². The van der Waals surface area contributed by atoms with Crippen molar-refractivity contribution in [3.8, 4) is 0 Å². The van der Waals surface area contributed by atoms with Gasteiger partial charge in [0.2, 0.25) is 0 Å². The van der Waals surface area contributed by atoms with Gasteiger partial charge in [0.25, 0.3) is 5.78 Å². The molecule has 15 heavy (non-hydrogen) atoms. The van der Waals surface area contributed by atoms with Gasteiger partial charge in [0, 0.05) is 24.1 Å². The van der Waals surface area contributed by atoms with Crippen LogP contribution in [-0.2, 0) is 4.79 Å². The summed E-state index contributed by atoms with van der Waals surface area (Å²) in [5, 5.41) is 8.56. The van der Waals surface area contributed by atoms with Crippen LogP contribution < -0.4 is 4.90 Å². The molecule has 0 fully saturated rings. The molecule has 0 aliphatic carbocycles. The van der Waals surface area contributed by atoms with E-state index in [0.29, 0.717) is 0 Å². The van der Waals surface area contributed by atoms with Crippen LogP contribution in [0.25, 0.3) is 0 Å². The Kier molecular flexibility index (Phi) is 3.47. The third kappa shape index (κ3) is 2.56. The lowest BCUT2D eigenvalue weighted by Gasteiger charge is -2.15. The van der Waals surface area contributed by atoms with Gasteiger partial charge in [-0.2, -0.15) is 0 Å². The number of anilines is 1. The number of Topliss-reactive ketones (excluding diaryl/α,β-unsaturated/α-hetero) is 1. The molecule has 0 heterocycles. The molecule has 1 aromatic carbocycles. The average Bonchev–Trinajstić information content (AvgIpc) is 2.16. The minimum absolute atomic E-state index is 0.175. The van der Waals surface area contributed by atoms with E-state index in [0.717, 1.165) is 10.2 Å². The number of carboxylic acids is 1. The highest BCUT2D eigenvalue weighted by Gasteiger charge is 2.16. The Morgan fingerprint density at radius 2 is 1.93 bits per heavy atom. The molecule has 0 aliphatic rings. The van der Waals surface area contributed by atoms with Gasteiger partial charge >= 0.3 is 5.97 Å². The third-order valence-corrected chi connectivity index (χ3v) is 2.55. The predicted molar refractivity (Wildman–Crippen MR) is 60.4 cm³/mol. The molecule has 0 atom stereocenters. The molecule has 0 unspecified atom stereocenters. The van der Waals surface area contributed by atoms with E-state index < -0.39 is 11.8 Å². The second kappa shape index (κ2) is 4.44. The summed E-state index contributed by atoms with van der Waals surface area (Å²) in [5.74, 6) is -2.34. The fourth-order valence-corrected chi connectivity index (χ4v) is 1.72. The largest absolute Gasteiger partial charge is 0.475 e. The molecule has 0 aliphatic heterocycles. The molecule has 0 spiro atoms. The first-order chi connectivity index (χ1) is 6.93. The van der Waals surface area contributed by atoms with Crippen LogP contribution in [0.3, 0.4) is 0 Å². The summed E-state index contributed by atoms with van der Waals surface area (Å²) in [6.45, 7) is 0. The maximum Gasteiger partial charge on any atom is 0.377 e. The minimum Gasteiger partial charge on any atom is -0.475 e. The molecule has 80 valence electrons. The van der Waals surface area contributed by atoms with E-state index >= 15 is 0 Å². The summed E-state index contributed by atoms with van der Waals surface area (Å²) in [6.07, 6.45) is 0. The van der Waals surface area contributed by atoms with Crippen molar-refractivity contribution in [2.45, 2.75) is 0 Å². The van der Waals surface area contributed by atoms with Gasteiger partial charge in [0.05, 0.1) is 5.69 Å². The van der Waals surface area contributed by atoms with Crippen LogP contribution >= 0.6 is 15.9 Å². The van der Waals surface area contributed by atoms with Gasteiger partial charge in [-0.3, -0.25) is 4.79 Å². The van der Waals surface area contributed by atoms with Gasteiger partial charge < -0.3 is 10.0 Å². The maximum atomic E-state index is 11.2. The molecule has 0 aromatic heterocycles. The summed E-state index contributed by atoms with van der Waals surface area (Å²) in [4.78, 5) is 23.5. The second-order valence-corrected chi connectivity index (χ2v) is 4.05. The Hall–Kier alpha value is -1.36. The Balaban J connectivity index is 3.19. The lowest BCUT2D eigenvalue weighted by Crippen LogP contribution is -2.15. The molecular weight excluding hydrogens is 262 g/mol. The Morgan fingerprint density at radius 3 is 2.40 bits per heavy atom. The molecule has 0 saturated carbocycles. The Labute approximate surface area is 95.6 Å². The lowest BCUT2D eigenvalue weighted by atomic mass is 10.1. The number of nitrogens with zero attached hydrogens (tertiary/aromatic N) is 1. The first-order valence-corrected chi connectivity index (χ1v) is 4.97. The van der Waals surface area contributed by atoms with Crippen LogP contribution in [0.15, 0.2) is 22.7 Å². The molecule has 1 N–H and O–H groups in total. The van der Waals surface area contributed by atoms with Crippen LogP contribution in [0, 0.1) is 0 Å². The van der Waals surface area contributed by atoms with Gasteiger partial charge in [-0.25, -0.2) is 4.79 Å². The summed E-state index contributed by atoms with van der Waals surface area (Å²) >= 11 is 3.32. The van der Waals surface area contributed by atoms with Crippen LogP contribution in [0.5, 0.6) is 0 Å². The van der Waals surface area contributed by atoms with E-state index in [9.17, 15) is 9.59 Å². The fourth-order valence-electron chi connectivity index (χ4n) is 1.12. The maximum absolute atomic E-state index is 11.2. The van der Waals surface area contributed by atoms with Gasteiger partial charge in [0.15, 0.2) is 0 Å². The van der Waals surface area contributed by atoms with Crippen molar-refractivity contribution in [2.75, 3.05) is 19.0 Å². The number of aliphatic carboxylic acids is 1. The van der Waals surface area contributed by atoms with Gasteiger partial charge in [0.1, 0.15) is 0 Å². The molecule has 0 radical (unpaired) electrons. The Bertz CT molecular complexity index is 415. The zero-order valence-corrected chi connectivity index (χ0v) is 9.91. The van der Waals surface area contributed by atoms with Gasteiger partial charge in [-0.1, -0.05) is 0 Å². The summed E-state index contributed by atoms with van der Waals surface area (Å²) in [6, 6.07) is 4.68. The number of benzene rings is 1. The number of rotatable bonds is 3. The van der Waals surface area contributed by atoms with E-state index in [-0.39, 0.29) is 5.56 Å². The molecule has 0 amide bonds. The van der Waals surface area contributed by atoms with Crippen LogP contribution in [0.1, 0.15) is 10.4 Å². The first kappa shape index (κ1) is 11.7. The third-order valence-electron chi connectivity index (χ3n) is 1.88. The van der Waals surface area contributed by atoms with Gasteiger partial charge in [-0.15, -0.1) is 0 Å². The number of carbonyl (C=O) groups excluding carboxylic acids is 1. The quantitative estimate of drug-likeness (QED) is 0.673. The summed E-state index contributed by atoms with van der Waals surface area (Å²) in [5.41, 5.74) is 0.941. The molecule has 4 nitrogen and oxygen atoms in total.